The first-order valence-corrected chi connectivity index (χ1v) is 8.40. The van der Waals surface area contributed by atoms with E-state index < -0.39 is 0 Å². The summed E-state index contributed by atoms with van der Waals surface area (Å²) in [4.78, 5) is 4.66. The summed E-state index contributed by atoms with van der Waals surface area (Å²) in [6, 6.07) is 0. The summed E-state index contributed by atoms with van der Waals surface area (Å²) in [5.74, 6) is 2.57. The first-order valence-electron chi connectivity index (χ1n) is 7.35. The Kier molecular flexibility index (Phi) is 5.28. The van der Waals surface area contributed by atoms with Gasteiger partial charge in [0.05, 0.1) is 11.2 Å². The van der Waals surface area contributed by atoms with Crippen molar-refractivity contribution >= 4 is 11.8 Å². The van der Waals surface area contributed by atoms with Crippen LogP contribution in [0.4, 0.5) is 0 Å². The highest BCUT2D eigenvalue weighted by molar-refractivity contribution is 7.99. The molecule has 1 saturated heterocycles. The van der Waals surface area contributed by atoms with Crippen molar-refractivity contribution in [3.63, 3.8) is 0 Å². The third-order valence-corrected chi connectivity index (χ3v) is 5.56. The second-order valence-electron chi connectivity index (χ2n) is 5.43. The summed E-state index contributed by atoms with van der Waals surface area (Å²) in [7, 11) is 0. The van der Waals surface area contributed by atoms with Gasteiger partial charge in [0, 0.05) is 5.25 Å². The van der Waals surface area contributed by atoms with Crippen molar-refractivity contribution < 1.29 is 4.52 Å². The Morgan fingerprint density at radius 1 is 1.37 bits per heavy atom. The number of nitrogens with zero attached hydrogens (tertiary/aromatic N) is 2. The minimum Gasteiger partial charge on any atom is -0.339 e. The highest BCUT2D eigenvalue weighted by Gasteiger charge is 2.37. The molecular weight excluding hydrogens is 258 g/mol. The van der Waals surface area contributed by atoms with Gasteiger partial charge in [0.25, 0.3) is 0 Å². The van der Waals surface area contributed by atoms with Gasteiger partial charge in [0.1, 0.15) is 0 Å². The maximum atomic E-state index is 5.56. The van der Waals surface area contributed by atoms with Gasteiger partial charge in [-0.1, -0.05) is 25.9 Å². The molecule has 0 saturated carbocycles. The third-order valence-electron chi connectivity index (χ3n) is 4.23. The minimum atomic E-state index is 0.109. The van der Waals surface area contributed by atoms with Crippen molar-refractivity contribution in [3.05, 3.63) is 11.7 Å². The maximum absolute atomic E-state index is 5.56. The van der Waals surface area contributed by atoms with E-state index in [1.165, 1.54) is 6.42 Å². The van der Waals surface area contributed by atoms with Gasteiger partial charge >= 0.3 is 0 Å². The van der Waals surface area contributed by atoms with Gasteiger partial charge < -0.3 is 9.84 Å². The molecular formula is C14H25N3OS. The molecule has 1 atom stereocenters. The number of hydrogen-bond donors (Lipinski definition) is 1. The lowest BCUT2D eigenvalue weighted by Gasteiger charge is -2.33. The van der Waals surface area contributed by atoms with Crippen molar-refractivity contribution in [2.45, 2.75) is 62.9 Å². The molecule has 1 fully saturated rings. The molecule has 1 aromatic rings. The van der Waals surface area contributed by atoms with E-state index in [0.717, 1.165) is 49.8 Å². The average molecular weight is 283 g/mol. The second kappa shape index (κ2) is 6.75. The van der Waals surface area contributed by atoms with Crippen LogP contribution < -0.4 is 5.32 Å². The molecule has 1 aliphatic rings. The number of piperidine rings is 1. The Bertz CT molecular complexity index is 388. The van der Waals surface area contributed by atoms with Crippen LogP contribution in [0, 0.1) is 0 Å². The molecule has 108 valence electrons. The molecule has 0 bridgehead atoms. The van der Waals surface area contributed by atoms with E-state index >= 15 is 0 Å². The van der Waals surface area contributed by atoms with Crippen LogP contribution in [0.15, 0.2) is 4.52 Å². The van der Waals surface area contributed by atoms with Crippen molar-refractivity contribution in [2.24, 2.45) is 0 Å². The van der Waals surface area contributed by atoms with Gasteiger partial charge in [-0.25, -0.2) is 0 Å². The van der Waals surface area contributed by atoms with Gasteiger partial charge in [-0.15, -0.1) is 0 Å². The van der Waals surface area contributed by atoms with Crippen LogP contribution in [0.5, 0.6) is 0 Å². The third kappa shape index (κ3) is 3.51. The highest BCUT2D eigenvalue weighted by atomic mass is 32.2. The Morgan fingerprint density at radius 3 is 2.74 bits per heavy atom. The molecule has 2 rings (SSSR count). The van der Waals surface area contributed by atoms with Crippen LogP contribution >= 0.6 is 11.8 Å². The van der Waals surface area contributed by atoms with E-state index in [2.05, 4.69) is 36.2 Å². The fourth-order valence-electron chi connectivity index (χ4n) is 2.49. The number of rotatable bonds is 6. The van der Waals surface area contributed by atoms with Crippen LogP contribution in [0.2, 0.25) is 0 Å². The molecule has 2 heterocycles. The summed E-state index contributed by atoms with van der Waals surface area (Å²) >= 11 is 1.90. The Balaban J connectivity index is 2.02. The quantitative estimate of drug-likeness (QED) is 0.869. The molecule has 19 heavy (non-hydrogen) atoms. The molecule has 1 aliphatic heterocycles. The molecule has 0 aliphatic carbocycles. The van der Waals surface area contributed by atoms with E-state index in [0.29, 0.717) is 5.25 Å². The lowest BCUT2D eigenvalue weighted by molar-refractivity contribution is 0.216. The van der Waals surface area contributed by atoms with E-state index in [4.69, 9.17) is 4.52 Å². The van der Waals surface area contributed by atoms with Gasteiger partial charge in [0.2, 0.25) is 5.89 Å². The Morgan fingerprint density at radius 2 is 2.11 bits per heavy atom. The lowest BCUT2D eigenvalue weighted by Crippen LogP contribution is -2.39. The number of aromatic nitrogens is 2. The zero-order chi connectivity index (χ0) is 13.7. The zero-order valence-corrected chi connectivity index (χ0v) is 13.1. The molecule has 0 amide bonds. The standard InChI is InChI=1S/C14H25N3OS/c1-4-11(3)19-10-12-16-13(18-17-12)14(5-2)6-8-15-9-7-14/h11,15H,4-10H2,1-3H3. The summed E-state index contributed by atoms with van der Waals surface area (Å²) in [6.07, 6.45) is 4.46. The fourth-order valence-corrected chi connectivity index (χ4v) is 3.27. The number of thioether (sulfide) groups is 1. The fraction of sp³-hybridized carbons (Fsp3) is 0.857. The van der Waals surface area contributed by atoms with Gasteiger partial charge in [-0.05, 0) is 38.8 Å². The van der Waals surface area contributed by atoms with E-state index in [1.807, 2.05) is 11.8 Å². The molecule has 1 aromatic heterocycles. The van der Waals surface area contributed by atoms with Crippen LogP contribution in [0.1, 0.15) is 58.2 Å². The summed E-state index contributed by atoms with van der Waals surface area (Å²) < 4.78 is 5.56. The minimum absolute atomic E-state index is 0.109. The first kappa shape index (κ1) is 14.9. The zero-order valence-electron chi connectivity index (χ0n) is 12.2. The van der Waals surface area contributed by atoms with Crippen LogP contribution in [-0.4, -0.2) is 28.5 Å². The normalized spacial score (nSPS) is 20.4. The van der Waals surface area contributed by atoms with Gasteiger partial charge in [-0.2, -0.15) is 16.7 Å². The molecule has 0 spiro atoms. The van der Waals surface area contributed by atoms with Crippen LogP contribution in [0.3, 0.4) is 0 Å². The first-order chi connectivity index (χ1) is 9.20. The molecule has 0 aromatic carbocycles. The molecule has 0 radical (unpaired) electrons. The largest absolute Gasteiger partial charge is 0.339 e. The molecule has 1 unspecified atom stereocenters. The number of hydrogen-bond acceptors (Lipinski definition) is 5. The highest BCUT2D eigenvalue weighted by Crippen LogP contribution is 2.35. The summed E-state index contributed by atoms with van der Waals surface area (Å²) in [5, 5.41) is 8.22. The maximum Gasteiger partial charge on any atom is 0.232 e. The van der Waals surface area contributed by atoms with Crippen molar-refractivity contribution in [1.82, 2.24) is 15.5 Å². The van der Waals surface area contributed by atoms with Gasteiger partial charge in [0.15, 0.2) is 5.82 Å². The molecule has 1 N–H and O–H groups in total. The Hall–Kier alpha value is -0.550. The van der Waals surface area contributed by atoms with E-state index in [1.54, 1.807) is 0 Å². The monoisotopic (exact) mass is 283 g/mol. The SMILES string of the molecule is CCC(C)SCc1noc(C2(CC)CCNCC2)n1. The second-order valence-corrected chi connectivity index (χ2v) is 6.86. The summed E-state index contributed by atoms with van der Waals surface area (Å²) in [6.45, 7) is 8.77. The lowest BCUT2D eigenvalue weighted by atomic mass is 9.76. The van der Waals surface area contributed by atoms with Crippen molar-refractivity contribution in [2.75, 3.05) is 13.1 Å². The topological polar surface area (TPSA) is 51.0 Å². The summed E-state index contributed by atoms with van der Waals surface area (Å²) in [5.41, 5.74) is 0.109. The van der Waals surface area contributed by atoms with E-state index in [-0.39, 0.29) is 5.41 Å². The molecule has 4 nitrogen and oxygen atoms in total. The predicted octanol–water partition coefficient (Wildman–Crippen LogP) is 3.13. The van der Waals surface area contributed by atoms with Crippen molar-refractivity contribution in [1.29, 1.82) is 0 Å². The van der Waals surface area contributed by atoms with Crippen molar-refractivity contribution in [3.8, 4) is 0 Å². The van der Waals surface area contributed by atoms with E-state index in [9.17, 15) is 0 Å². The molecule has 5 heteroatoms. The average Bonchev–Trinajstić information content (AvgIpc) is 2.95. The smallest absolute Gasteiger partial charge is 0.232 e. The van der Waals surface area contributed by atoms with Crippen LogP contribution in [-0.2, 0) is 11.2 Å². The predicted molar refractivity (Wildman–Crippen MR) is 79.4 cm³/mol. The van der Waals surface area contributed by atoms with Gasteiger partial charge in [-0.3, -0.25) is 0 Å². The Labute approximate surface area is 120 Å². The number of nitrogens with one attached hydrogen (secondary N) is 1. The van der Waals surface area contributed by atoms with Crippen LogP contribution in [0.25, 0.3) is 0 Å².